The van der Waals surface area contributed by atoms with E-state index in [0.29, 0.717) is 6.61 Å². The average Bonchev–Trinajstić information content (AvgIpc) is 2.01. The van der Waals surface area contributed by atoms with Crippen LogP contribution in [0.1, 0.15) is 20.3 Å². The lowest BCUT2D eigenvalue weighted by Crippen LogP contribution is -2.42. The molecule has 0 amide bonds. The number of ether oxygens (including phenoxy) is 2. The molecule has 0 aromatic carbocycles. The summed E-state index contributed by atoms with van der Waals surface area (Å²) in [5.41, 5.74) is 0. The molecule has 1 aliphatic rings. The van der Waals surface area contributed by atoms with Gasteiger partial charge in [0.2, 0.25) is 6.29 Å². The van der Waals surface area contributed by atoms with Crippen molar-refractivity contribution in [2.45, 2.75) is 26.6 Å². The van der Waals surface area contributed by atoms with Crippen molar-refractivity contribution in [3.63, 3.8) is 0 Å². The van der Waals surface area contributed by atoms with E-state index in [0.717, 1.165) is 0 Å². The molecule has 2 atom stereocenters. The minimum Gasteiger partial charge on any atom is -0.434 e. The molecule has 5 heteroatoms. The van der Waals surface area contributed by atoms with Gasteiger partial charge in [-0.2, -0.15) is 0 Å². The maximum absolute atomic E-state index is 11.3. The quantitative estimate of drug-likeness (QED) is 0.476. The van der Waals surface area contributed by atoms with Gasteiger partial charge in [-0.1, -0.05) is 0 Å². The molecule has 14 heavy (non-hydrogen) atoms. The maximum atomic E-state index is 11.3. The number of ketones is 2. The van der Waals surface area contributed by atoms with Gasteiger partial charge in [-0.05, 0) is 13.8 Å². The highest BCUT2D eigenvalue weighted by Gasteiger charge is 2.40. The summed E-state index contributed by atoms with van der Waals surface area (Å²) in [5.74, 6) is -2.94. The van der Waals surface area contributed by atoms with Gasteiger partial charge in [0, 0.05) is 6.61 Å². The Morgan fingerprint density at radius 2 is 2.21 bits per heavy atom. The Labute approximate surface area is 81.4 Å². The first kappa shape index (κ1) is 10.8. The van der Waals surface area contributed by atoms with Crippen LogP contribution >= 0.6 is 0 Å². The van der Waals surface area contributed by atoms with Crippen molar-refractivity contribution in [2.75, 3.05) is 6.61 Å². The fraction of sp³-hybridized carbons (Fsp3) is 0.667. The second kappa shape index (κ2) is 4.32. The van der Waals surface area contributed by atoms with Crippen molar-refractivity contribution in [1.29, 1.82) is 0 Å². The van der Waals surface area contributed by atoms with Gasteiger partial charge in [-0.15, -0.1) is 0 Å². The summed E-state index contributed by atoms with van der Waals surface area (Å²) < 4.78 is 9.74. The molecule has 0 saturated carbocycles. The van der Waals surface area contributed by atoms with Crippen LogP contribution in [0.5, 0.6) is 0 Å². The summed E-state index contributed by atoms with van der Waals surface area (Å²) in [6.45, 7) is 3.29. The zero-order valence-electron chi connectivity index (χ0n) is 8.11. The lowest BCUT2D eigenvalue weighted by atomic mass is 9.95. The van der Waals surface area contributed by atoms with Crippen molar-refractivity contribution in [3.8, 4) is 0 Å². The molecule has 0 spiro atoms. The van der Waals surface area contributed by atoms with Crippen molar-refractivity contribution < 1.29 is 23.9 Å². The Morgan fingerprint density at radius 3 is 2.64 bits per heavy atom. The highest BCUT2D eigenvalue weighted by Crippen LogP contribution is 2.18. The largest absolute Gasteiger partial charge is 0.434 e. The van der Waals surface area contributed by atoms with Gasteiger partial charge >= 0.3 is 5.97 Å². The van der Waals surface area contributed by atoms with E-state index in [4.69, 9.17) is 9.47 Å². The number of cyclic esters (lactones) is 1. The van der Waals surface area contributed by atoms with Gasteiger partial charge in [0.05, 0.1) is 6.42 Å². The van der Waals surface area contributed by atoms with Gasteiger partial charge in [-0.3, -0.25) is 14.4 Å². The highest BCUT2D eigenvalue weighted by molar-refractivity contribution is 6.17. The van der Waals surface area contributed by atoms with E-state index in [9.17, 15) is 14.4 Å². The van der Waals surface area contributed by atoms with Crippen LogP contribution in [0.25, 0.3) is 0 Å². The predicted molar refractivity (Wildman–Crippen MR) is 45.3 cm³/mol. The SMILES string of the molecule is CCOC1CC(=O)C(C(C)=O)C(=O)O1. The number of esters is 1. The zero-order chi connectivity index (χ0) is 10.7. The maximum Gasteiger partial charge on any atom is 0.326 e. The minimum atomic E-state index is -1.24. The summed E-state index contributed by atoms with van der Waals surface area (Å²) in [7, 11) is 0. The van der Waals surface area contributed by atoms with E-state index in [1.165, 1.54) is 6.92 Å². The van der Waals surface area contributed by atoms with Crippen molar-refractivity contribution in [3.05, 3.63) is 0 Å². The molecule has 1 aliphatic heterocycles. The van der Waals surface area contributed by atoms with Crippen LogP contribution in [-0.2, 0) is 23.9 Å². The number of hydrogen-bond donors (Lipinski definition) is 0. The summed E-state index contributed by atoms with van der Waals surface area (Å²) in [4.78, 5) is 33.4. The van der Waals surface area contributed by atoms with Gasteiger partial charge in [0.1, 0.15) is 0 Å². The number of Topliss-reactive ketones (excluding diaryl/α,β-unsaturated/α-hetero) is 2. The molecule has 0 aromatic heterocycles. The third kappa shape index (κ3) is 2.17. The summed E-state index contributed by atoms with van der Waals surface area (Å²) >= 11 is 0. The fourth-order valence-corrected chi connectivity index (χ4v) is 1.32. The fourth-order valence-electron chi connectivity index (χ4n) is 1.32. The molecular weight excluding hydrogens is 188 g/mol. The van der Waals surface area contributed by atoms with E-state index in [1.54, 1.807) is 6.92 Å². The molecule has 1 heterocycles. The highest BCUT2D eigenvalue weighted by atomic mass is 16.7. The Bertz CT molecular complexity index is 252. The Morgan fingerprint density at radius 1 is 1.57 bits per heavy atom. The molecule has 0 aromatic rings. The molecule has 2 unspecified atom stereocenters. The molecule has 0 bridgehead atoms. The number of carbonyl (C=O) groups excluding carboxylic acids is 3. The van der Waals surface area contributed by atoms with Crippen LogP contribution in [0.2, 0.25) is 0 Å². The minimum absolute atomic E-state index is 0.0379. The van der Waals surface area contributed by atoms with Crippen LogP contribution in [0.3, 0.4) is 0 Å². The third-order valence-electron chi connectivity index (χ3n) is 1.93. The molecule has 0 radical (unpaired) electrons. The predicted octanol–water partition coefficient (Wildman–Crippen LogP) is 0.0702. The van der Waals surface area contributed by atoms with Gasteiger partial charge in [0.25, 0.3) is 0 Å². The third-order valence-corrected chi connectivity index (χ3v) is 1.93. The van der Waals surface area contributed by atoms with Crippen molar-refractivity contribution in [1.82, 2.24) is 0 Å². The number of hydrogen-bond acceptors (Lipinski definition) is 5. The Kier molecular flexibility index (Phi) is 3.35. The van der Waals surface area contributed by atoms with E-state index >= 15 is 0 Å². The lowest BCUT2D eigenvalue weighted by Gasteiger charge is -2.25. The summed E-state index contributed by atoms with van der Waals surface area (Å²) in [6.07, 6.45) is -0.861. The van der Waals surface area contributed by atoms with E-state index in [-0.39, 0.29) is 6.42 Å². The van der Waals surface area contributed by atoms with Crippen LogP contribution in [0.4, 0.5) is 0 Å². The normalized spacial score (nSPS) is 27.3. The van der Waals surface area contributed by atoms with Gasteiger partial charge < -0.3 is 9.47 Å². The van der Waals surface area contributed by atoms with E-state index in [2.05, 4.69) is 0 Å². The molecule has 0 N–H and O–H groups in total. The first-order valence-electron chi connectivity index (χ1n) is 4.41. The molecular formula is C9H12O5. The second-order valence-corrected chi connectivity index (χ2v) is 3.04. The molecule has 5 nitrogen and oxygen atoms in total. The topological polar surface area (TPSA) is 69.7 Å². The average molecular weight is 200 g/mol. The van der Waals surface area contributed by atoms with Crippen LogP contribution < -0.4 is 0 Å². The molecule has 0 aliphatic carbocycles. The van der Waals surface area contributed by atoms with Crippen LogP contribution in [-0.4, -0.2) is 30.4 Å². The Hall–Kier alpha value is -1.23. The summed E-state index contributed by atoms with van der Waals surface area (Å²) in [5, 5.41) is 0. The standard InChI is InChI=1S/C9H12O5/c1-3-13-7-4-6(11)8(5(2)10)9(12)14-7/h7-8H,3-4H2,1-2H3. The van der Waals surface area contributed by atoms with Gasteiger partial charge in [0.15, 0.2) is 17.5 Å². The second-order valence-electron chi connectivity index (χ2n) is 3.04. The first-order chi connectivity index (χ1) is 6.56. The lowest BCUT2D eigenvalue weighted by molar-refractivity contribution is -0.194. The number of carbonyl (C=O) groups is 3. The van der Waals surface area contributed by atoms with Gasteiger partial charge in [-0.25, -0.2) is 0 Å². The smallest absolute Gasteiger partial charge is 0.326 e. The number of rotatable bonds is 3. The Balaban J connectivity index is 2.68. The molecule has 1 fully saturated rings. The molecule has 1 saturated heterocycles. The molecule has 78 valence electrons. The van der Waals surface area contributed by atoms with E-state index < -0.39 is 29.7 Å². The van der Waals surface area contributed by atoms with Crippen LogP contribution in [0.15, 0.2) is 0 Å². The monoisotopic (exact) mass is 200 g/mol. The van der Waals surface area contributed by atoms with Crippen molar-refractivity contribution in [2.24, 2.45) is 5.92 Å². The first-order valence-corrected chi connectivity index (χ1v) is 4.41. The van der Waals surface area contributed by atoms with Crippen LogP contribution in [0, 0.1) is 5.92 Å². The molecule has 1 rings (SSSR count). The van der Waals surface area contributed by atoms with E-state index in [1.807, 2.05) is 0 Å². The van der Waals surface area contributed by atoms with Crippen molar-refractivity contribution >= 4 is 17.5 Å². The summed E-state index contributed by atoms with van der Waals surface area (Å²) in [6, 6.07) is 0. The zero-order valence-corrected chi connectivity index (χ0v) is 8.11.